The van der Waals surface area contributed by atoms with Crippen molar-refractivity contribution < 1.29 is 9.53 Å². The zero-order valence-corrected chi connectivity index (χ0v) is 12.2. The Bertz CT molecular complexity index is 539. The first kappa shape index (κ1) is 14.7. The number of halogens is 1. The highest BCUT2D eigenvalue weighted by atomic mass is 35.5. The number of piperidine rings is 1. The summed E-state index contributed by atoms with van der Waals surface area (Å²) in [6.45, 7) is 3.77. The molecule has 1 amide bonds. The van der Waals surface area contributed by atoms with Crippen LogP contribution in [-0.2, 0) is 4.79 Å². The Kier molecular flexibility index (Phi) is 4.86. The molecule has 1 saturated heterocycles. The Balaban J connectivity index is 1.90. The van der Waals surface area contributed by atoms with Crippen molar-refractivity contribution in [3.8, 4) is 11.8 Å². The summed E-state index contributed by atoms with van der Waals surface area (Å²) in [5, 5.41) is 9.12. The number of carbonyl (C=O) groups is 1. The second-order valence-electron chi connectivity index (χ2n) is 5.13. The van der Waals surface area contributed by atoms with Crippen LogP contribution in [0, 0.1) is 17.2 Å². The molecule has 0 aromatic heterocycles. The van der Waals surface area contributed by atoms with Crippen LogP contribution in [0.15, 0.2) is 18.2 Å². The van der Waals surface area contributed by atoms with E-state index >= 15 is 0 Å². The van der Waals surface area contributed by atoms with Gasteiger partial charge in [0.05, 0.1) is 10.6 Å². The van der Waals surface area contributed by atoms with Crippen LogP contribution in [0.25, 0.3) is 0 Å². The van der Waals surface area contributed by atoms with Gasteiger partial charge in [0.2, 0.25) is 0 Å². The molecule has 5 heteroatoms. The molecule has 1 aromatic carbocycles. The highest BCUT2D eigenvalue weighted by molar-refractivity contribution is 6.31. The predicted molar refractivity (Wildman–Crippen MR) is 76.6 cm³/mol. The van der Waals surface area contributed by atoms with Gasteiger partial charge in [-0.2, -0.15) is 5.26 Å². The molecule has 4 nitrogen and oxygen atoms in total. The summed E-state index contributed by atoms with van der Waals surface area (Å²) in [4.78, 5) is 13.9. The number of nitriles is 1. The van der Waals surface area contributed by atoms with E-state index in [2.05, 4.69) is 6.92 Å². The molecule has 0 N–H and O–H groups in total. The fourth-order valence-corrected chi connectivity index (χ4v) is 2.54. The van der Waals surface area contributed by atoms with Crippen molar-refractivity contribution in [2.24, 2.45) is 5.92 Å². The van der Waals surface area contributed by atoms with Gasteiger partial charge >= 0.3 is 0 Å². The minimum Gasteiger partial charge on any atom is -0.484 e. The number of carbonyl (C=O) groups excluding carboxylic acids is 1. The Morgan fingerprint density at radius 1 is 1.60 bits per heavy atom. The van der Waals surface area contributed by atoms with Crippen molar-refractivity contribution in [2.75, 3.05) is 19.7 Å². The van der Waals surface area contributed by atoms with E-state index in [0.717, 1.165) is 19.5 Å². The quantitative estimate of drug-likeness (QED) is 0.861. The van der Waals surface area contributed by atoms with Crippen molar-refractivity contribution in [1.29, 1.82) is 5.26 Å². The Labute approximate surface area is 123 Å². The zero-order valence-electron chi connectivity index (χ0n) is 11.4. The van der Waals surface area contributed by atoms with Crippen LogP contribution >= 0.6 is 11.6 Å². The second kappa shape index (κ2) is 6.62. The number of amides is 1. The molecule has 1 aromatic rings. The maximum atomic E-state index is 12.0. The summed E-state index contributed by atoms with van der Waals surface area (Å²) >= 11 is 5.91. The van der Waals surface area contributed by atoms with Crippen LogP contribution in [0.4, 0.5) is 0 Å². The number of likely N-dealkylation sites (tertiary alicyclic amines) is 1. The van der Waals surface area contributed by atoms with E-state index in [1.54, 1.807) is 18.2 Å². The highest BCUT2D eigenvalue weighted by Gasteiger charge is 2.21. The number of nitrogens with zero attached hydrogens (tertiary/aromatic N) is 2. The van der Waals surface area contributed by atoms with E-state index < -0.39 is 0 Å². The van der Waals surface area contributed by atoms with E-state index in [4.69, 9.17) is 21.6 Å². The topological polar surface area (TPSA) is 53.3 Å². The lowest BCUT2D eigenvalue weighted by molar-refractivity contribution is -0.135. The average Bonchev–Trinajstić information content (AvgIpc) is 2.45. The Morgan fingerprint density at radius 2 is 2.40 bits per heavy atom. The highest BCUT2D eigenvalue weighted by Crippen LogP contribution is 2.22. The summed E-state index contributed by atoms with van der Waals surface area (Å²) in [7, 11) is 0. The minimum atomic E-state index is -0.00275. The van der Waals surface area contributed by atoms with Crippen molar-refractivity contribution in [3.63, 3.8) is 0 Å². The molecule has 1 aliphatic heterocycles. The molecule has 1 unspecified atom stereocenters. The molecule has 1 aliphatic rings. The third-order valence-electron chi connectivity index (χ3n) is 3.43. The molecule has 0 bridgehead atoms. The number of ether oxygens (including phenoxy) is 1. The molecular formula is C15H17ClN2O2. The molecule has 1 atom stereocenters. The van der Waals surface area contributed by atoms with E-state index in [1.807, 2.05) is 11.0 Å². The molecule has 0 aliphatic carbocycles. The maximum absolute atomic E-state index is 12.0. The fraction of sp³-hybridized carbons (Fsp3) is 0.467. The summed E-state index contributed by atoms with van der Waals surface area (Å²) in [6, 6.07) is 6.78. The molecule has 2 rings (SSSR count). The van der Waals surface area contributed by atoms with Crippen molar-refractivity contribution in [3.05, 3.63) is 28.8 Å². The van der Waals surface area contributed by atoms with E-state index in [-0.39, 0.29) is 12.5 Å². The molecule has 1 heterocycles. The van der Waals surface area contributed by atoms with Crippen LogP contribution in [0.1, 0.15) is 25.3 Å². The van der Waals surface area contributed by atoms with Crippen molar-refractivity contribution in [2.45, 2.75) is 19.8 Å². The summed E-state index contributed by atoms with van der Waals surface area (Å²) in [6.07, 6.45) is 2.23. The van der Waals surface area contributed by atoms with Crippen LogP contribution in [0.2, 0.25) is 5.02 Å². The smallest absolute Gasteiger partial charge is 0.260 e. The Morgan fingerprint density at radius 3 is 3.05 bits per heavy atom. The third kappa shape index (κ3) is 3.64. The van der Waals surface area contributed by atoms with Crippen molar-refractivity contribution in [1.82, 2.24) is 4.90 Å². The molecule has 0 saturated carbocycles. The summed E-state index contributed by atoms with van der Waals surface area (Å²) in [5.41, 5.74) is 0.398. The largest absolute Gasteiger partial charge is 0.484 e. The zero-order chi connectivity index (χ0) is 14.5. The summed E-state index contributed by atoms with van der Waals surface area (Å²) in [5.74, 6) is 1.06. The van der Waals surface area contributed by atoms with Gasteiger partial charge in [0.1, 0.15) is 11.8 Å². The number of benzene rings is 1. The van der Waals surface area contributed by atoms with Gasteiger partial charge in [-0.05, 0) is 30.9 Å². The normalized spacial score (nSPS) is 18.4. The molecule has 0 spiro atoms. The van der Waals surface area contributed by atoms with E-state index in [0.29, 0.717) is 22.3 Å². The fourth-order valence-electron chi connectivity index (χ4n) is 2.33. The SMILES string of the molecule is CC1CCCN(C(=O)COc2ccc(C#N)c(Cl)c2)C1. The number of rotatable bonds is 3. The lowest BCUT2D eigenvalue weighted by Gasteiger charge is -2.30. The summed E-state index contributed by atoms with van der Waals surface area (Å²) < 4.78 is 5.45. The first-order chi connectivity index (χ1) is 9.60. The monoisotopic (exact) mass is 292 g/mol. The molecule has 20 heavy (non-hydrogen) atoms. The van der Waals surface area contributed by atoms with Gasteiger partial charge in [0.15, 0.2) is 6.61 Å². The molecular weight excluding hydrogens is 276 g/mol. The second-order valence-corrected chi connectivity index (χ2v) is 5.54. The van der Waals surface area contributed by atoms with Gasteiger partial charge < -0.3 is 9.64 Å². The first-order valence-electron chi connectivity index (χ1n) is 6.70. The third-order valence-corrected chi connectivity index (χ3v) is 3.75. The molecule has 106 valence electrons. The van der Waals surface area contributed by atoms with E-state index in [1.165, 1.54) is 6.42 Å². The average molecular weight is 293 g/mol. The van der Waals surface area contributed by atoms with Gasteiger partial charge in [-0.1, -0.05) is 18.5 Å². The molecule has 1 fully saturated rings. The maximum Gasteiger partial charge on any atom is 0.260 e. The van der Waals surface area contributed by atoms with Crippen LogP contribution < -0.4 is 4.74 Å². The number of hydrogen-bond acceptors (Lipinski definition) is 3. The van der Waals surface area contributed by atoms with Gasteiger partial charge in [-0.25, -0.2) is 0 Å². The van der Waals surface area contributed by atoms with Gasteiger partial charge in [-0.15, -0.1) is 0 Å². The lowest BCUT2D eigenvalue weighted by atomic mass is 10.0. The predicted octanol–water partition coefficient (Wildman–Crippen LogP) is 2.85. The molecule has 0 radical (unpaired) electrons. The van der Waals surface area contributed by atoms with Gasteiger partial charge in [0, 0.05) is 19.2 Å². The van der Waals surface area contributed by atoms with Crippen LogP contribution in [0.3, 0.4) is 0 Å². The first-order valence-corrected chi connectivity index (χ1v) is 7.08. The lowest BCUT2D eigenvalue weighted by Crippen LogP contribution is -2.41. The van der Waals surface area contributed by atoms with Crippen LogP contribution in [0.5, 0.6) is 5.75 Å². The minimum absolute atomic E-state index is 0.00275. The van der Waals surface area contributed by atoms with E-state index in [9.17, 15) is 4.79 Å². The van der Waals surface area contributed by atoms with Crippen LogP contribution in [-0.4, -0.2) is 30.5 Å². The van der Waals surface area contributed by atoms with Gasteiger partial charge in [-0.3, -0.25) is 4.79 Å². The van der Waals surface area contributed by atoms with Crippen molar-refractivity contribution >= 4 is 17.5 Å². The Hall–Kier alpha value is -1.73. The van der Waals surface area contributed by atoms with Gasteiger partial charge in [0.25, 0.3) is 5.91 Å². The number of hydrogen-bond donors (Lipinski definition) is 0. The standard InChI is InChI=1S/C15H17ClN2O2/c1-11-3-2-6-18(9-11)15(19)10-20-13-5-4-12(8-17)14(16)7-13/h4-5,7,11H,2-3,6,9-10H2,1H3.